The Morgan fingerprint density at radius 1 is 1.16 bits per heavy atom. The third-order valence-corrected chi connectivity index (χ3v) is 6.47. The van der Waals surface area contributed by atoms with Crippen LogP contribution in [0.2, 0.25) is 0 Å². The molecule has 15 heteroatoms. The maximum absolute atomic E-state index is 13.0. The number of H-pyrrole nitrogens is 1. The Bertz CT molecular complexity index is 1300. The molecule has 0 saturated carbocycles. The molecule has 1 aromatic carbocycles. The van der Waals surface area contributed by atoms with Gasteiger partial charge in [-0.15, -0.1) is 10.1 Å². The fourth-order valence-corrected chi connectivity index (χ4v) is 4.53. The van der Waals surface area contributed by atoms with E-state index in [1.165, 1.54) is 25.3 Å². The molecule has 0 bridgehead atoms. The second kappa shape index (κ2) is 13.2. The zero-order valence-electron chi connectivity index (χ0n) is 20.3. The molecule has 0 fully saturated rings. The van der Waals surface area contributed by atoms with E-state index in [0.717, 1.165) is 0 Å². The Kier molecular flexibility index (Phi) is 9.98. The van der Waals surface area contributed by atoms with Crippen molar-refractivity contribution in [2.75, 3.05) is 19.8 Å². The lowest BCUT2D eigenvalue weighted by atomic mass is 10.2. The van der Waals surface area contributed by atoms with E-state index in [0.29, 0.717) is 36.8 Å². The minimum Gasteiger partial charge on any atom is -0.484 e. The van der Waals surface area contributed by atoms with Gasteiger partial charge in [0.2, 0.25) is 0 Å². The number of carbonyl (C=O) groups is 1. The summed E-state index contributed by atoms with van der Waals surface area (Å²) < 4.78 is 60.6. The summed E-state index contributed by atoms with van der Waals surface area (Å²) in [5, 5.41) is 9.32. The second-order valence-corrected chi connectivity index (χ2v) is 9.49. The van der Waals surface area contributed by atoms with Crippen LogP contribution in [-0.4, -0.2) is 56.2 Å². The monoisotopic (exact) mass is 558 g/mol. The Balaban J connectivity index is 1.60. The average molecular weight is 559 g/mol. The lowest BCUT2D eigenvalue weighted by Crippen LogP contribution is -2.20. The molecule has 0 radical (unpaired) electrons. The molecule has 1 unspecified atom stereocenters. The van der Waals surface area contributed by atoms with Crippen molar-refractivity contribution in [2.24, 2.45) is 0 Å². The van der Waals surface area contributed by atoms with E-state index in [-0.39, 0.29) is 46.6 Å². The third kappa shape index (κ3) is 8.39. The number of rotatable bonds is 14. The van der Waals surface area contributed by atoms with Crippen LogP contribution in [-0.2, 0) is 26.1 Å². The van der Waals surface area contributed by atoms with Crippen LogP contribution < -0.4 is 4.74 Å². The summed E-state index contributed by atoms with van der Waals surface area (Å²) in [5.41, 5.74) is 1.52. The number of aromatic amines is 1. The molecule has 0 amide bonds. The molecule has 0 aliphatic heterocycles. The van der Waals surface area contributed by atoms with Gasteiger partial charge < -0.3 is 19.3 Å². The number of carbonyl (C=O) groups excluding carboxylic acids is 1. The van der Waals surface area contributed by atoms with Gasteiger partial charge in [0.1, 0.15) is 11.3 Å². The van der Waals surface area contributed by atoms with Crippen molar-refractivity contribution in [1.82, 2.24) is 15.0 Å². The summed E-state index contributed by atoms with van der Waals surface area (Å²) in [4.78, 5) is 38.3. The number of para-hydroxylation sites is 1. The average Bonchev–Trinajstić information content (AvgIpc) is 3.30. The van der Waals surface area contributed by atoms with E-state index in [1.54, 1.807) is 12.1 Å². The van der Waals surface area contributed by atoms with Gasteiger partial charge in [0, 0.05) is 11.8 Å². The molecule has 0 aliphatic rings. The van der Waals surface area contributed by atoms with E-state index >= 15 is 0 Å². The predicted molar refractivity (Wildman–Crippen MR) is 128 cm³/mol. The number of aromatic nitrogens is 3. The zero-order chi connectivity index (χ0) is 27.7. The summed E-state index contributed by atoms with van der Waals surface area (Å²) in [6.07, 6.45) is -0.767. The smallest absolute Gasteiger partial charge is 0.422 e. The number of alkyl halides is 3. The van der Waals surface area contributed by atoms with Crippen molar-refractivity contribution < 1.29 is 41.6 Å². The number of pyridine rings is 1. The summed E-state index contributed by atoms with van der Waals surface area (Å²) in [7, 11) is -1.75. The number of hydrogen-bond acceptors (Lipinski definition) is 9. The SMILES string of the molecule is Cc1c(OCC(F)(F)F)ccnc1CS(=O)c1nc2c(C(=O)OCCCCCCO[N+](=O)[O-])cccc2[nH]1. The van der Waals surface area contributed by atoms with E-state index in [1.807, 2.05) is 0 Å². The summed E-state index contributed by atoms with van der Waals surface area (Å²) in [6, 6.07) is 6.10. The number of hydrogen-bond donors (Lipinski definition) is 1. The molecule has 1 N–H and O–H groups in total. The van der Waals surface area contributed by atoms with Gasteiger partial charge in [0.25, 0.3) is 5.09 Å². The molecule has 2 aromatic heterocycles. The summed E-state index contributed by atoms with van der Waals surface area (Å²) in [6.45, 7) is 0.233. The van der Waals surface area contributed by atoms with Crippen molar-refractivity contribution in [2.45, 2.75) is 49.7 Å². The van der Waals surface area contributed by atoms with E-state index < -0.39 is 34.6 Å². The Hall–Kier alpha value is -3.75. The van der Waals surface area contributed by atoms with Gasteiger partial charge in [-0.2, -0.15) is 13.2 Å². The molecule has 38 heavy (non-hydrogen) atoms. The molecule has 0 spiro atoms. The van der Waals surface area contributed by atoms with Gasteiger partial charge >= 0.3 is 12.1 Å². The quantitative estimate of drug-likeness (QED) is 0.131. The van der Waals surface area contributed by atoms with Crippen LogP contribution in [0.25, 0.3) is 11.0 Å². The molecular formula is C23H25F3N4O7S. The van der Waals surface area contributed by atoms with Gasteiger partial charge in [-0.1, -0.05) is 12.5 Å². The minimum atomic E-state index is -4.50. The molecule has 3 aromatic rings. The first-order chi connectivity index (χ1) is 18.0. The number of esters is 1. The first-order valence-corrected chi connectivity index (χ1v) is 12.8. The molecule has 206 valence electrons. The molecule has 1 atom stereocenters. The lowest BCUT2D eigenvalue weighted by molar-refractivity contribution is -0.757. The molecular weight excluding hydrogens is 533 g/mol. The number of unbranched alkanes of at least 4 members (excludes halogenated alkanes) is 3. The predicted octanol–water partition coefficient (Wildman–Crippen LogP) is 4.44. The number of fused-ring (bicyclic) bond motifs is 1. The van der Waals surface area contributed by atoms with Crippen molar-refractivity contribution in [1.29, 1.82) is 0 Å². The minimum absolute atomic E-state index is 0.0103. The van der Waals surface area contributed by atoms with Gasteiger partial charge in [-0.25, -0.2) is 9.78 Å². The largest absolute Gasteiger partial charge is 0.484 e. The number of ether oxygens (including phenoxy) is 2. The number of halogens is 3. The van der Waals surface area contributed by atoms with E-state index in [4.69, 9.17) is 9.47 Å². The number of nitrogens with one attached hydrogen (secondary N) is 1. The van der Waals surface area contributed by atoms with Gasteiger partial charge in [-0.05, 0) is 44.4 Å². The van der Waals surface area contributed by atoms with Crippen LogP contribution in [0.1, 0.15) is 47.3 Å². The van der Waals surface area contributed by atoms with Crippen LogP contribution in [0.15, 0.2) is 35.6 Å². The van der Waals surface area contributed by atoms with Crippen molar-refractivity contribution >= 4 is 27.8 Å². The fraction of sp³-hybridized carbons (Fsp3) is 0.435. The highest BCUT2D eigenvalue weighted by molar-refractivity contribution is 7.84. The number of nitrogens with zero attached hydrogens (tertiary/aromatic N) is 3. The standard InChI is InChI=1S/C23H25F3N4O7S/c1-15-18(27-10-9-19(15)36-14-23(24,25)26)13-38(34)22-28-17-8-6-7-16(20(17)29-22)21(31)35-11-4-2-3-5-12-37-30(32)33/h6-10H,2-5,11-14H2,1H3,(H,28,29). The van der Waals surface area contributed by atoms with Crippen LogP contribution in [0, 0.1) is 17.0 Å². The number of imidazole rings is 1. The normalized spacial score (nSPS) is 12.3. The second-order valence-electron chi connectivity index (χ2n) is 8.13. The fourth-order valence-electron chi connectivity index (χ4n) is 3.43. The molecule has 2 heterocycles. The first-order valence-electron chi connectivity index (χ1n) is 11.5. The Morgan fingerprint density at radius 2 is 1.89 bits per heavy atom. The van der Waals surface area contributed by atoms with Gasteiger partial charge in [0.05, 0.1) is 46.5 Å². The van der Waals surface area contributed by atoms with Gasteiger partial charge in [0.15, 0.2) is 11.8 Å². The van der Waals surface area contributed by atoms with Crippen molar-refractivity contribution in [3.05, 3.63) is 57.4 Å². The Morgan fingerprint density at radius 3 is 2.61 bits per heavy atom. The highest BCUT2D eigenvalue weighted by atomic mass is 32.2. The molecule has 0 saturated heterocycles. The van der Waals surface area contributed by atoms with E-state index in [9.17, 15) is 32.3 Å². The van der Waals surface area contributed by atoms with Crippen LogP contribution in [0.3, 0.4) is 0 Å². The molecule has 11 nitrogen and oxygen atoms in total. The van der Waals surface area contributed by atoms with Crippen molar-refractivity contribution in [3.63, 3.8) is 0 Å². The molecule has 3 rings (SSSR count). The first kappa shape index (κ1) is 28.8. The van der Waals surface area contributed by atoms with Gasteiger partial charge in [-0.3, -0.25) is 9.19 Å². The topological polar surface area (TPSA) is 147 Å². The van der Waals surface area contributed by atoms with Crippen LogP contribution >= 0.6 is 0 Å². The highest BCUT2D eigenvalue weighted by Crippen LogP contribution is 2.25. The summed E-state index contributed by atoms with van der Waals surface area (Å²) in [5.74, 6) is -0.756. The van der Waals surface area contributed by atoms with Crippen molar-refractivity contribution in [3.8, 4) is 5.75 Å². The lowest BCUT2D eigenvalue weighted by Gasteiger charge is -2.13. The van der Waals surface area contributed by atoms with E-state index in [2.05, 4.69) is 19.8 Å². The summed E-state index contributed by atoms with van der Waals surface area (Å²) >= 11 is 0. The number of benzene rings is 1. The zero-order valence-corrected chi connectivity index (χ0v) is 21.1. The molecule has 0 aliphatic carbocycles. The maximum atomic E-state index is 13.0. The Labute approximate surface area is 217 Å². The maximum Gasteiger partial charge on any atom is 0.422 e. The van der Waals surface area contributed by atoms with Crippen LogP contribution in [0.4, 0.5) is 13.2 Å². The highest BCUT2D eigenvalue weighted by Gasteiger charge is 2.29. The van der Waals surface area contributed by atoms with Crippen LogP contribution in [0.5, 0.6) is 5.75 Å². The third-order valence-electron chi connectivity index (χ3n) is 5.31.